The van der Waals surface area contributed by atoms with Crippen LogP contribution in [0.3, 0.4) is 0 Å². The molecule has 0 saturated heterocycles. The first-order valence-electron chi connectivity index (χ1n) is 6.33. The van der Waals surface area contributed by atoms with Gasteiger partial charge >= 0.3 is 5.97 Å². The van der Waals surface area contributed by atoms with Crippen molar-refractivity contribution in [3.05, 3.63) is 35.5 Å². The molecule has 0 atom stereocenters. The predicted molar refractivity (Wildman–Crippen MR) is 71.1 cm³/mol. The molecule has 4 heteroatoms. The van der Waals surface area contributed by atoms with Crippen LogP contribution in [0.15, 0.2) is 18.7 Å². The van der Waals surface area contributed by atoms with Crippen LogP contribution in [0, 0.1) is 0 Å². The van der Waals surface area contributed by atoms with Gasteiger partial charge in [0.15, 0.2) is 0 Å². The second-order valence-electron chi connectivity index (χ2n) is 4.51. The van der Waals surface area contributed by atoms with E-state index in [1.54, 1.807) is 12.1 Å². The van der Waals surface area contributed by atoms with E-state index in [0.717, 1.165) is 43.4 Å². The Morgan fingerprint density at radius 1 is 1.50 bits per heavy atom. The Kier molecular flexibility index (Phi) is 3.97. The average molecular weight is 246 g/mol. The standard InChI is InChI=1S/C14H18N2O2/c1-2-3-8-15-13-11(14(17)18)9-10-6-4-5-7-12(10)16-13/h2,9H,1,3-8H2,(H,15,16)(H,17,18). The van der Waals surface area contributed by atoms with Gasteiger partial charge in [0.05, 0.1) is 0 Å². The molecule has 96 valence electrons. The van der Waals surface area contributed by atoms with Crippen molar-refractivity contribution in [1.29, 1.82) is 0 Å². The van der Waals surface area contributed by atoms with E-state index < -0.39 is 5.97 Å². The molecule has 0 fully saturated rings. The van der Waals surface area contributed by atoms with Gasteiger partial charge in [0, 0.05) is 12.2 Å². The zero-order valence-electron chi connectivity index (χ0n) is 10.4. The maximum Gasteiger partial charge on any atom is 0.339 e. The van der Waals surface area contributed by atoms with E-state index >= 15 is 0 Å². The van der Waals surface area contributed by atoms with E-state index in [2.05, 4.69) is 16.9 Å². The summed E-state index contributed by atoms with van der Waals surface area (Å²) in [6.45, 7) is 4.31. The van der Waals surface area contributed by atoms with Crippen molar-refractivity contribution in [2.75, 3.05) is 11.9 Å². The molecule has 0 aliphatic heterocycles. The smallest absolute Gasteiger partial charge is 0.339 e. The predicted octanol–water partition coefficient (Wildman–Crippen LogP) is 2.65. The fraction of sp³-hybridized carbons (Fsp3) is 0.429. The van der Waals surface area contributed by atoms with E-state index in [1.807, 2.05) is 0 Å². The van der Waals surface area contributed by atoms with Crippen molar-refractivity contribution >= 4 is 11.8 Å². The summed E-state index contributed by atoms with van der Waals surface area (Å²) in [5.74, 6) is -0.429. The fourth-order valence-corrected chi connectivity index (χ4v) is 2.22. The van der Waals surface area contributed by atoms with Crippen molar-refractivity contribution in [2.45, 2.75) is 32.1 Å². The maximum absolute atomic E-state index is 11.2. The maximum atomic E-state index is 11.2. The number of nitrogens with zero attached hydrogens (tertiary/aromatic N) is 1. The third-order valence-corrected chi connectivity index (χ3v) is 3.17. The van der Waals surface area contributed by atoms with E-state index in [4.69, 9.17) is 0 Å². The number of fused-ring (bicyclic) bond motifs is 1. The number of rotatable bonds is 5. The number of hydrogen-bond donors (Lipinski definition) is 2. The Bertz CT molecular complexity index is 469. The second-order valence-corrected chi connectivity index (χ2v) is 4.51. The largest absolute Gasteiger partial charge is 0.478 e. The summed E-state index contributed by atoms with van der Waals surface area (Å²) in [4.78, 5) is 15.7. The molecule has 18 heavy (non-hydrogen) atoms. The number of aromatic carboxylic acids is 1. The molecule has 1 aliphatic rings. The van der Waals surface area contributed by atoms with Gasteiger partial charge in [-0.25, -0.2) is 9.78 Å². The third-order valence-electron chi connectivity index (χ3n) is 3.17. The summed E-state index contributed by atoms with van der Waals surface area (Å²) in [6.07, 6.45) is 6.74. The van der Waals surface area contributed by atoms with Gasteiger partial charge in [-0.3, -0.25) is 0 Å². The van der Waals surface area contributed by atoms with Crippen LogP contribution in [0.1, 0.15) is 40.9 Å². The highest BCUT2D eigenvalue weighted by atomic mass is 16.4. The monoisotopic (exact) mass is 246 g/mol. The number of aryl methyl sites for hydroxylation is 2. The van der Waals surface area contributed by atoms with Gasteiger partial charge in [0.2, 0.25) is 0 Å². The zero-order valence-corrected chi connectivity index (χ0v) is 10.4. The van der Waals surface area contributed by atoms with Crippen LogP contribution in [-0.4, -0.2) is 22.6 Å². The highest BCUT2D eigenvalue weighted by Crippen LogP contribution is 2.24. The minimum Gasteiger partial charge on any atom is -0.478 e. The first-order chi connectivity index (χ1) is 8.72. The quantitative estimate of drug-likeness (QED) is 0.619. The van der Waals surface area contributed by atoms with Crippen molar-refractivity contribution in [3.8, 4) is 0 Å². The minimum absolute atomic E-state index is 0.278. The molecule has 2 N–H and O–H groups in total. The Labute approximate surface area is 107 Å². The summed E-state index contributed by atoms with van der Waals surface area (Å²) in [7, 11) is 0. The molecular weight excluding hydrogens is 228 g/mol. The molecule has 0 unspecified atom stereocenters. The van der Waals surface area contributed by atoms with Crippen LogP contribution in [-0.2, 0) is 12.8 Å². The summed E-state index contributed by atoms with van der Waals surface area (Å²) in [5, 5.41) is 12.3. The Morgan fingerprint density at radius 2 is 2.28 bits per heavy atom. The lowest BCUT2D eigenvalue weighted by atomic mass is 9.94. The number of carboxylic acid groups (broad SMARTS) is 1. The zero-order chi connectivity index (χ0) is 13.0. The van der Waals surface area contributed by atoms with Gasteiger partial charge in [-0.05, 0) is 43.7 Å². The van der Waals surface area contributed by atoms with Gasteiger partial charge in [-0.2, -0.15) is 0 Å². The molecule has 2 rings (SSSR count). The molecule has 0 saturated carbocycles. The van der Waals surface area contributed by atoms with E-state index in [0.29, 0.717) is 12.4 Å². The van der Waals surface area contributed by atoms with Crippen LogP contribution in [0.4, 0.5) is 5.82 Å². The molecule has 0 radical (unpaired) electrons. The first-order valence-corrected chi connectivity index (χ1v) is 6.33. The van der Waals surface area contributed by atoms with Crippen LogP contribution in [0.5, 0.6) is 0 Å². The summed E-state index contributed by atoms with van der Waals surface area (Å²) < 4.78 is 0. The lowest BCUT2D eigenvalue weighted by Crippen LogP contribution is -2.14. The summed E-state index contributed by atoms with van der Waals surface area (Å²) >= 11 is 0. The Morgan fingerprint density at radius 3 is 3.00 bits per heavy atom. The molecule has 4 nitrogen and oxygen atoms in total. The van der Waals surface area contributed by atoms with Crippen LogP contribution < -0.4 is 5.32 Å². The van der Waals surface area contributed by atoms with Crippen LogP contribution >= 0.6 is 0 Å². The van der Waals surface area contributed by atoms with Crippen molar-refractivity contribution < 1.29 is 9.90 Å². The number of anilines is 1. The van der Waals surface area contributed by atoms with Gasteiger partial charge in [-0.15, -0.1) is 6.58 Å². The molecule has 0 aromatic carbocycles. The molecule has 0 spiro atoms. The molecule has 1 aromatic heterocycles. The normalized spacial score (nSPS) is 13.8. The highest BCUT2D eigenvalue weighted by Gasteiger charge is 2.18. The van der Waals surface area contributed by atoms with Crippen LogP contribution in [0.25, 0.3) is 0 Å². The third kappa shape index (κ3) is 2.70. The van der Waals surface area contributed by atoms with E-state index in [9.17, 15) is 9.90 Å². The first kappa shape index (κ1) is 12.6. The SMILES string of the molecule is C=CCCNc1nc2c(cc1C(=O)O)CCCC2. The molecule has 1 aromatic rings. The number of nitrogens with one attached hydrogen (secondary N) is 1. The van der Waals surface area contributed by atoms with E-state index in [1.165, 1.54) is 0 Å². The van der Waals surface area contributed by atoms with Crippen molar-refractivity contribution in [2.24, 2.45) is 0 Å². The summed E-state index contributed by atoms with van der Waals surface area (Å²) in [5.41, 5.74) is 2.42. The van der Waals surface area contributed by atoms with Gasteiger partial charge in [0.25, 0.3) is 0 Å². The van der Waals surface area contributed by atoms with Gasteiger partial charge in [0.1, 0.15) is 11.4 Å². The number of carbonyl (C=O) groups is 1. The molecule has 1 heterocycles. The lowest BCUT2D eigenvalue weighted by Gasteiger charge is -2.18. The topological polar surface area (TPSA) is 62.2 Å². The molecular formula is C14H18N2O2. The number of hydrogen-bond acceptors (Lipinski definition) is 3. The number of carboxylic acids is 1. The highest BCUT2D eigenvalue weighted by molar-refractivity contribution is 5.93. The van der Waals surface area contributed by atoms with E-state index in [-0.39, 0.29) is 5.56 Å². The second kappa shape index (κ2) is 5.67. The fourth-order valence-electron chi connectivity index (χ4n) is 2.22. The van der Waals surface area contributed by atoms with Crippen molar-refractivity contribution in [1.82, 2.24) is 4.98 Å². The van der Waals surface area contributed by atoms with Crippen LogP contribution in [0.2, 0.25) is 0 Å². The number of aromatic nitrogens is 1. The number of pyridine rings is 1. The minimum atomic E-state index is -0.919. The van der Waals surface area contributed by atoms with Gasteiger partial charge in [-0.1, -0.05) is 6.08 Å². The Hall–Kier alpha value is -1.84. The lowest BCUT2D eigenvalue weighted by molar-refractivity contribution is 0.0697. The molecule has 1 aliphatic carbocycles. The summed E-state index contributed by atoms with van der Waals surface area (Å²) in [6, 6.07) is 1.78. The molecule has 0 bridgehead atoms. The average Bonchev–Trinajstić information content (AvgIpc) is 2.38. The Balaban J connectivity index is 2.29. The van der Waals surface area contributed by atoms with Crippen molar-refractivity contribution in [3.63, 3.8) is 0 Å². The van der Waals surface area contributed by atoms with Gasteiger partial charge < -0.3 is 10.4 Å². The molecule has 0 amide bonds.